The van der Waals surface area contributed by atoms with Crippen LogP contribution in [0.15, 0.2) is 0 Å². The van der Waals surface area contributed by atoms with Gasteiger partial charge in [-0.25, -0.2) is 0 Å². The van der Waals surface area contributed by atoms with Crippen molar-refractivity contribution in [3.05, 3.63) is 0 Å². The topological polar surface area (TPSA) is 58.4 Å². The lowest BCUT2D eigenvalue weighted by molar-refractivity contribution is -0.125. The monoisotopic (exact) mass is 269 g/mol. The number of nitrogens with two attached hydrogens (primary N) is 1. The van der Waals surface area contributed by atoms with Crippen molar-refractivity contribution < 1.29 is 4.79 Å². The Morgan fingerprint density at radius 1 is 1.42 bits per heavy atom. The summed E-state index contributed by atoms with van der Waals surface area (Å²) in [4.78, 5) is 14.3. The number of carbonyl (C=O) groups excluding carboxylic acids is 1. The maximum absolute atomic E-state index is 11.8. The summed E-state index contributed by atoms with van der Waals surface area (Å²) in [7, 11) is 0. The van der Waals surface area contributed by atoms with Crippen molar-refractivity contribution in [3.63, 3.8) is 0 Å². The van der Waals surface area contributed by atoms with E-state index in [2.05, 4.69) is 17.1 Å². The van der Waals surface area contributed by atoms with E-state index in [1.165, 1.54) is 19.3 Å². The zero-order chi connectivity index (χ0) is 14.3. The molecule has 1 amide bonds. The molecule has 0 radical (unpaired) electrons. The van der Waals surface area contributed by atoms with Gasteiger partial charge in [0.05, 0.1) is 0 Å². The molecule has 0 aromatic rings. The van der Waals surface area contributed by atoms with Crippen molar-refractivity contribution in [2.45, 2.75) is 52.5 Å². The van der Waals surface area contributed by atoms with Crippen molar-refractivity contribution in [3.8, 4) is 0 Å². The van der Waals surface area contributed by atoms with E-state index in [0.717, 1.165) is 26.1 Å². The second-order valence-electron chi connectivity index (χ2n) is 6.15. The molecule has 1 saturated heterocycles. The summed E-state index contributed by atoms with van der Waals surface area (Å²) in [6.07, 6.45) is 4.92. The molecule has 19 heavy (non-hydrogen) atoms. The van der Waals surface area contributed by atoms with Gasteiger partial charge in [0, 0.05) is 38.1 Å². The highest BCUT2D eigenvalue weighted by molar-refractivity contribution is 5.78. The quantitative estimate of drug-likeness (QED) is 0.738. The fourth-order valence-corrected chi connectivity index (χ4v) is 2.84. The Morgan fingerprint density at radius 2 is 2.16 bits per heavy atom. The number of unbranched alkanes of at least 4 members (excludes halogenated alkanes) is 1. The molecule has 2 unspecified atom stereocenters. The lowest BCUT2D eigenvalue weighted by Gasteiger charge is -2.38. The van der Waals surface area contributed by atoms with Crippen molar-refractivity contribution >= 4 is 5.91 Å². The number of hydrogen-bond acceptors (Lipinski definition) is 3. The summed E-state index contributed by atoms with van der Waals surface area (Å²) < 4.78 is 0. The largest absolute Gasteiger partial charge is 0.352 e. The van der Waals surface area contributed by atoms with Crippen LogP contribution in [0.5, 0.6) is 0 Å². The van der Waals surface area contributed by atoms with Crippen LogP contribution in [0, 0.1) is 11.8 Å². The van der Waals surface area contributed by atoms with Gasteiger partial charge in [0.2, 0.25) is 5.91 Å². The maximum Gasteiger partial charge on any atom is 0.222 e. The van der Waals surface area contributed by atoms with E-state index >= 15 is 0 Å². The third kappa shape index (κ3) is 5.91. The predicted molar refractivity (Wildman–Crippen MR) is 79.9 cm³/mol. The number of hydrogen-bond donors (Lipinski definition) is 2. The standard InChI is InChI=1S/C15H31N3O/c1-4-5-6-13-9-14(17-15(19)12(2)3)11-18(10-13)8-7-16/h12-14H,4-11,16H2,1-3H3,(H,17,19). The second-order valence-corrected chi connectivity index (χ2v) is 6.15. The van der Waals surface area contributed by atoms with E-state index in [-0.39, 0.29) is 11.8 Å². The summed E-state index contributed by atoms with van der Waals surface area (Å²) in [5.74, 6) is 0.950. The van der Waals surface area contributed by atoms with Crippen LogP contribution < -0.4 is 11.1 Å². The molecule has 0 aliphatic carbocycles. The van der Waals surface area contributed by atoms with E-state index in [4.69, 9.17) is 5.73 Å². The minimum Gasteiger partial charge on any atom is -0.352 e. The average Bonchev–Trinajstić information content (AvgIpc) is 2.36. The first-order valence-corrected chi connectivity index (χ1v) is 7.79. The van der Waals surface area contributed by atoms with Crippen LogP contribution in [0.3, 0.4) is 0 Å². The van der Waals surface area contributed by atoms with Gasteiger partial charge in [-0.05, 0) is 18.8 Å². The van der Waals surface area contributed by atoms with Crippen LogP contribution in [0.2, 0.25) is 0 Å². The molecular formula is C15H31N3O. The lowest BCUT2D eigenvalue weighted by Crippen LogP contribution is -2.52. The molecule has 1 aliphatic rings. The number of nitrogens with one attached hydrogen (secondary N) is 1. The first kappa shape index (κ1) is 16.4. The van der Waals surface area contributed by atoms with E-state index < -0.39 is 0 Å². The molecule has 112 valence electrons. The predicted octanol–water partition coefficient (Wildman–Crippen LogP) is 1.60. The molecule has 0 bridgehead atoms. The maximum atomic E-state index is 11.8. The zero-order valence-corrected chi connectivity index (χ0v) is 12.8. The molecule has 0 saturated carbocycles. The minimum absolute atomic E-state index is 0.0685. The zero-order valence-electron chi connectivity index (χ0n) is 12.8. The molecule has 0 spiro atoms. The van der Waals surface area contributed by atoms with Crippen molar-refractivity contribution in [1.82, 2.24) is 10.2 Å². The third-order valence-electron chi connectivity index (χ3n) is 3.89. The minimum atomic E-state index is 0.0685. The molecular weight excluding hydrogens is 238 g/mol. The molecule has 4 nitrogen and oxygen atoms in total. The van der Waals surface area contributed by atoms with Gasteiger partial charge in [-0.1, -0.05) is 33.6 Å². The fourth-order valence-electron chi connectivity index (χ4n) is 2.84. The molecule has 0 aromatic heterocycles. The molecule has 3 N–H and O–H groups in total. The number of amides is 1. The molecule has 4 heteroatoms. The van der Waals surface area contributed by atoms with Gasteiger partial charge in [-0.3, -0.25) is 9.69 Å². The van der Waals surface area contributed by atoms with Gasteiger partial charge in [0.1, 0.15) is 0 Å². The highest BCUT2D eigenvalue weighted by Crippen LogP contribution is 2.22. The van der Waals surface area contributed by atoms with Crippen LogP contribution in [0.1, 0.15) is 46.5 Å². The Kier molecular flexibility index (Phi) is 7.39. The van der Waals surface area contributed by atoms with Crippen molar-refractivity contribution in [2.24, 2.45) is 17.6 Å². The van der Waals surface area contributed by atoms with Crippen LogP contribution in [0.25, 0.3) is 0 Å². The van der Waals surface area contributed by atoms with Gasteiger partial charge in [0.25, 0.3) is 0 Å². The first-order valence-electron chi connectivity index (χ1n) is 7.79. The Balaban J connectivity index is 2.51. The Bertz CT molecular complexity index is 268. The fraction of sp³-hybridized carbons (Fsp3) is 0.933. The number of likely N-dealkylation sites (tertiary alicyclic amines) is 1. The summed E-state index contributed by atoms with van der Waals surface area (Å²) in [5, 5.41) is 3.19. The molecule has 0 aromatic carbocycles. The molecule has 1 rings (SSSR count). The average molecular weight is 269 g/mol. The summed E-state index contributed by atoms with van der Waals surface area (Å²) in [6, 6.07) is 0.303. The SMILES string of the molecule is CCCCC1CC(NC(=O)C(C)C)CN(CCN)C1. The van der Waals surface area contributed by atoms with Crippen molar-refractivity contribution in [1.29, 1.82) is 0 Å². The van der Waals surface area contributed by atoms with E-state index in [1.54, 1.807) is 0 Å². The Morgan fingerprint density at radius 3 is 2.74 bits per heavy atom. The third-order valence-corrected chi connectivity index (χ3v) is 3.89. The lowest BCUT2D eigenvalue weighted by atomic mass is 9.89. The second kappa shape index (κ2) is 8.54. The van der Waals surface area contributed by atoms with Crippen LogP contribution in [-0.4, -0.2) is 43.0 Å². The number of nitrogens with zero attached hydrogens (tertiary/aromatic N) is 1. The Labute approximate surface area is 118 Å². The van der Waals surface area contributed by atoms with Gasteiger partial charge >= 0.3 is 0 Å². The molecule has 1 heterocycles. The summed E-state index contributed by atoms with van der Waals surface area (Å²) >= 11 is 0. The number of rotatable bonds is 7. The first-order chi connectivity index (χ1) is 9.06. The van der Waals surface area contributed by atoms with Crippen LogP contribution >= 0.6 is 0 Å². The van der Waals surface area contributed by atoms with Crippen LogP contribution in [0.4, 0.5) is 0 Å². The van der Waals surface area contributed by atoms with Crippen molar-refractivity contribution in [2.75, 3.05) is 26.2 Å². The normalized spacial score (nSPS) is 24.7. The summed E-state index contributed by atoms with van der Waals surface area (Å²) in [6.45, 7) is 9.87. The van der Waals surface area contributed by atoms with Gasteiger partial charge in [-0.15, -0.1) is 0 Å². The van der Waals surface area contributed by atoms with Gasteiger partial charge in [0.15, 0.2) is 0 Å². The molecule has 2 atom stereocenters. The van der Waals surface area contributed by atoms with E-state index in [1.807, 2.05) is 13.8 Å². The van der Waals surface area contributed by atoms with E-state index in [9.17, 15) is 4.79 Å². The van der Waals surface area contributed by atoms with E-state index in [0.29, 0.717) is 18.5 Å². The number of carbonyl (C=O) groups is 1. The summed E-state index contributed by atoms with van der Waals surface area (Å²) in [5.41, 5.74) is 5.67. The highest BCUT2D eigenvalue weighted by atomic mass is 16.1. The molecule has 1 fully saturated rings. The smallest absolute Gasteiger partial charge is 0.222 e. The Hall–Kier alpha value is -0.610. The number of piperidine rings is 1. The van der Waals surface area contributed by atoms with Gasteiger partial charge < -0.3 is 11.1 Å². The van der Waals surface area contributed by atoms with Crippen LogP contribution in [-0.2, 0) is 4.79 Å². The highest BCUT2D eigenvalue weighted by Gasteiger charge is 2.27. The molecule has 1 aliphatic heterocycles. The van der Waals surface area contributed by atoms with Gasteiger partial charge in [-0.2, -0.15) is 0 Å².